The summed E-state index contributed by atoms with van der Waals surface area (Å²) in [6.07, 6.45) is 6.66. The average Bonchev–Trinajstić information content (AvgIpc) is 2.89. The van der Waals surface area contributed by atoms with Crippen molar-refractivity contribution in [2.45, 2.75) is 77.4 Å². The smallest absolute Gasteiger partial charge is 0.225 e. The standard InChI is InChI=1S/C24H37N3O2/c1-17(2)14-22(26-24(29)20-11-5-6-12-21(20)25)23(28)16-27-13-7-10-18-8-3-4-9-19(18)15-27/h3-4,8-9,17,20-22H,5-7,10-16,25H2,1-2H3,(H,26,29)/t20-,21+,22+/m1/s1. The fourth-order valence-electron chi connectivity index (χ4n) is 4.74. The second-order valence-electron chi connectivity index (χ2n) is 9.29. The predicted molar refractivity (Wildman–Crippen MR) is 116 cm³/mol. The molecule has 1 heterocycles. The molecule has 1 fully saturated rings. The summed E-state index contributed by atoms with van der Waals surface area (Å²) in [5.41, 5.74) is 8.90. The van der Waals surface area contributed by atoms with Gasteiger partial charge in [0, 0.05) is 12.6 Å². The fraction of sp³-hybridized carbons (Fsp3) is 0.667. The molecule has 5 nitrogen and oxygen atoms in total. The third-order valence-corrected chi connectivity index (χ3v) is 6.38. The first-order valence-corrected chi connectivity index (χ1v) is 11.3. The highest BCUT2D eigenvalue weighted by Crippen LogP contribution is 2.24. The highest BCUT2D eigenvalue weighted by atomic mass is 16.2. The molecule has 1 aromatic rings. The molecule has 5 heteroatoms. The van der Waals surface area contributed by atoms with Crippen molar-refractivity contribution >= 4 is 11.7 Å². The van der Waals surface area contributed by atoms with Gasteiger partial charge >= 0.3 is 0 Å². The Bertz CT molecular complexity index is 703. The number of hydrogen-bond acceptors (Lipinski definition) is 4. The van der Waals surface area contributed by atoms with Crippen LogP contribution in [0.15, 0.2) is 24.3 Å². The van der Waals surface area contributed by atoms with Crippen molar-refractivity contribution in [1.29, 1.82) is 0 Å². The number of nitrogens with one attached hydrogen (secondary N) is 1. The first-order chi connectivity index (χ1) is 13.9. The Morgan fingerprint density at radius 2 is 1.86 bits per heavy atom. The molecule has 3 rings (SSSR count). The molecule has 3 N–H and O–H groups in total. The Hall–Kier alpha value is -1.72. The molecule has 0 unspecified atom stereocenters. The maximum absolute atomic E-state index is 13.2. The summed E-state index contributed by atoms with van der Waals surface area (Å²) in [4.78, 5) is 28.3. The van der Waals surface area contributed by atoms with Crippen LogP contribution in [0.3, 0.4) is 0 Å². The fourth-order valence-corrected chi connectivity index (χ4v) is 4.74. The number of nitrogens with two attached hydrogens (primary N) is 1. The largest absolute Gasteiger partial charge is 0.346 e. The van der Waals surface area contributed by atoms with Crippen LogP contribution in [-0.4, -0.2) is 41.8 Å². The quantitative estimate of drug-likeness (QED) is 0.739. The van der Waals surface area contributed by atoms with Gasteiger partial charge in [-0.25, -0.2) is 0 Å². The number of hydrogen-bond donors (Lipinski definition) is 2. The van der Waals surface area contributed by atoms with Crippen LogP contribution in [0.25, 0.3) is 0 Å². The molecule has 0 radical (unpaired) electrons. The van der Waals surface area contributed by atoms with Crippen LogP contribution < -0.4 is 11.1 Å². The summed E-state index contributed by atoms with van der Waals surface area (Å²) in [6.45, 7) is 6.30. The van der Waals surface area contributed by atoms with Crippen molar-refractivity contribution in [3.05, 3.63) is 35.4 Å². The van der Waals surface area contributed by atoms with Crippen molar-refractivity contribution in [3.8, 4) is 0 Å². The number of nitrogens with zero attached hydrogens (tertiary/aromatic N) is 1. The maximum Gasteiger partial charge on any atom is 0.225 e. The molecule has 0 spiro atoms. The number of Topliss-reactive ketones (excluding diaryl/α,β-unsaturated/α-hetero) is 1. The van der Waals surface area contributed by atoms with Crippen LogP contribution in [0.2, 0.25) is 0 Å². The van der Waals surface area contributed by atoms with E-state index in [9.17, 15) is 9.59 Å². The zero-order chi connectivity index (χ0) is 20.8. The first-order valence-electron chi connectivity index (χ1n) is 11.3. The maximum atomic E-state index is 13.2. The SMILES string of the molecule is CC(C)C[C@H](NC(=O)[C@@H]1CCCC[C@@H]1N)C(=O)CN1CCCc2ccccc2C1. The molecule has 3 atom stereocenters. The minimum Gasteiger partial charge on any atom is -0.346 e. The summed E-state index contributed by atoms with van der Waals surface area (Å²) < 4.78 is 0. The molecule has 29 heavy (non-hydrogen) atoms. The molecule has 2 aliphatic rings. The van der Waals surface area contributed by atoms with Gasteiger partial charge < -0.3 is 11.1 Å². The second-order valence-corrected chi connectivity index (χ2v) is 9.29. The molecule has 0 saturated heterocycles. The van der Waals surface area contributed by atoms with Crippen LogP contribution in [-0.2, 0) is 22.6 Å². The third-order valence-electron chi connectivity index (χ3n) is 6.38. The van der Waals surface area contributed by atoms with Crippen LogP contribution in [0.4, 0.5) is 0 Å². The number of rotatable bonds is 7. The molecule has 0 bridgehead atoms. The van der Waals surface area contributed by atoms with Gasteiger partial charge in [0.2, 0.25) is 5.91 Å². The van der Waals surface area contributed by atoms with Gasteiger partial charge in [-0.2, -0.15) is 0 Å². The highest BCUT2D eigenvalue weighted by molar-refractivity contribution is 5.91. The van der Waals surface area contributed by atoms with E-state index in [4.69, 9.17) is 5.73 Å². The molecule has 1 aromatic carbocycles. The minimum atomic E-state index is -0.421. The van der Waals surface area contributed by atoms with E-state index in [1.165, 1.54) is 11.1 Å². The Labute approximate surface area is 175 Å². The predicted octanol–water partition coefficient (Wildman–Crippen LogP) is 3.05. The summed E-state index contributed by atoms with van der Waals surface area (Å²) >= 11 is 0. The lowest BCUT2D eigenvalue weighted by molar-refractivity contribution is -0.132. The summed E-state index contributed by atoms with van der Waals surface area (Å²) in [5.74, 6) is 0.277. The molecule has 160 valence electrons. The Morgan fingerprint density at radius 1 is 1.14 bits per heavy atom. The summed E-state index contributed by atoms with van der Waals surface area (Å²) in [5, 5.41) is 3.08. The number of ketones is 1. The number of aryl methyl sites for hydroxylation is 1. The van der Waals surface area contributed by atoms with Gasteiger partial charge in [0.05, 0.1) is 18.5 Å². The monoisotopic (exact) mass is 399 g/mol. The lowest BCUT2D eigenvalue weighted by Crippen LogP contribution is -2.51. The molecule has 1 aliphatic carbocycles. The van der Waals surface area contributed by atoms with Crippen molar-refractivity contribution in [2.75, 3.05) is 13.1 Å². The average molecular weight is 400 g/mol. The van der Waals surface area contributed by atoms with Crippen molar-refractivity contribution in [2.24, 2.45) is 17.6 Å². The van der Waals surface area contributed by atoms with Crippen LogP contribution in [0.5, 0.6) is 0 Å². The van der Waals surface area contributed by atoms with Gasteiger partial charge in [0.15, 0.2) is 5.78 Å². The van der Waals surface area contributed by atoms with E-state index in [0.717, 1.165) is 51.6 Å². The van der Waals surface area contributed by atoms with E-state index >= 15 is 0 Å². The van der Waals surface area contributed by atoms with Crippen LogP contribution in [0.1, 0.15) is 63.5 Å². The topological polar surface area (TPSA) is 75.4 Å². The minimum absolute atomic E-state index is 0.0302. The summed E-state index contributed by atoms with van der Waals surface area (Å²) in [6, 6.07) is 8.01. The normalized spacial score (nSPS) is 23.9. The van der Waals surface area contributed by atoms with Gasteiger partial charge in [0.1, 0.15) is 0 Å². The zero-order valence-corrected chi connectivity index (χ0v) is 18.0. The highest BCUT2D eigenvalue weighted by Gasteiger charge is 2.32. The molecule has 0 aromatic heterocycles. The van der Waals surface area contributed by atoms with E-state index in [1.54, 1.807) is 0 Å². The molecular formula is C24H37N3O2. The second kappa shape index (κ2) is 10.4. The number of amides is 1. The van der Waals surface area contributed by atoms with Crippen molar-refractivity contribution < 1.29 is 9.59 Å². The van der Waals surface area contributed by atoms with Gasteiger partial charge in [0.25, 0.3) is 0 Å². The van der Waals surface area contributed by atoms with E-state index in [1.807, 2.05) is 0 Å². The Kier molecular flexibility index (Phi) is 7.84. The van der Waals surface area contributed by atoms with Gasteiger partial charge in [-0.1, -0.05) is 51.0 Å². The number of fused-ring (bicyclic) bond motifs is 1. The zero-order valence-electron chi connectivity index (χ0n) is 18.0. The number of carbonyl (C=O) groups is 2. The molecule has 1 aliphatic heterocycles. The van der Waals surface area contributed by atoms with Crippen LogP contribution in [0, 0.1) is 11.8 Å². The van der Waals surface area contributed by atoms with Crippen molar-refractivity contribution in [3.63, 3.8) is 0 Å². The van der Waals surface area contributed by atoms with E-state index in [-0.39, 0.29) is 23.7 Å². The van der Waals surface area contributed by atoms with E-state index < -0.39 is 6.04 Å². The first kappa shape index (κ1) is 22.0. The molecular weight excluding hydrogens is 362 g/mol. The Balaban J connectivity index is 1.63. The van der Waals surface area contributed by atoms with Gasteiger partial charge in [-0.15, -0.1) is 0 Å². The van der Waals surface area contributed by atoms with Crippen LogP contribution >= 0.6 is 0 Å². The van der Waals surface area contributed by atoms with E-state index in [2.05, 4.69) is 48.3 Å². The lowest BCUT2D eigenvalue weighted by atomic mass is 9.84. The summed E-state index contributed by atoms with van der Waals surface area (Å²) in [7, 11) is 0. The number of carbonyl (C=O) groups excluding carboxylic acids is 2. The number of benzene rings is 1. The Morgan fingerprint density at radius 3 is 2.59 bits per heavy atom. The van der Waals surface area contributed by atoms with Gasteiger partial charge in [-0.05, 0) is 55.7 Å². The lowest BCUT2D eigenvalue weighted by Gasteiger charge is -2.30. The van der Waals surface area contributed by atoms with Crippen molar-refractivity contribution in [1.82, 2.24) is 10.2 Å². The van der Waals surface area contributed by atoms with E-state index in [0.29, 0.717) is 18.9 Å². The third kappa shape index (κ3) is 6.13. The van der Waals surface area contributed by atoms with Gasteiger partial charge in [-0.3, -0.25) is 14.5 Å². The molecule has 1 saturated carbocycles. The molecule has 1 amide bonds.